The molecule has 6 heteroatoms. The number of nitrogens with two attached hydrogens (primary N) is 1. The summed E-state index contributed by atoms with van der Waals surface area (Å²) in [6, 6.07) is 15.3. The molecule has 26 heavy (non-hydrogen) atoms. The number of rotatable bonds is 3. The maximum absolute atomic E-state index is 13.0. The lowest BCUT2D eigenvalue weighted by molar-refractivity contribution is -0.118. The number of likely N-dealkylation sites (tertiary alicyclic amines) is 1. The molecule has 2 atom stereocenters. The highest BCUT2D eigenvalue weighted by molar-refractivity contribution is 5.99. The van der Waals surface area contributed by atoms with Gasteiger partial charge in [0, 0.05) is 24.6 Å². The second kappa shape index (κ2) is 6.80. The van der Waals surface area contributed by atoms with Gasteiger partial charge in [0.05, 0.1) is 5.69 Å². The molecule has 0 saturated carbocycles. The van der Waals surface area contributed by atoms with Crippen molar-refractivity contribution in [3.8, 4) is 5.75 Å². The number of nitrogens with zero attached hydrogens (tertiary/aromatic N) is 1. The highest BCUT2D eigenvalue weighted by atomic mass is 16.5. The minimum atomic E-state index is -0.187. The fraction of sp³-hybridized carbons (Fsp3) is 0.300. The summed E-state index contributed by atoms with van der Waals surface area (Å²) in [5.74, 6) is 0.801. The largest absolute Gasteiger partial charge is 0.482 e. The SMILES string of the molecule is NC[C@@H]1CN(C(=O)c2ccc3c(c2)OCC(=O)N3)C[C@H]1c1ccccc1. The van der Waals surface area contributed by atoms with E-state index in [0.29, 0.717) is 36.6 Å². The fourth-order valence-corrected chi connectivity index (χ4v) is 3.74. The van der Waals surface area contributed by atoms with Crippen LogP contribution in [0.3, 0.4) is 0 Å². The number of hydrogen-bond donors (Lipinski definition) is 2. The molecule has 2 aliphatic rings. The molecule has 134 valence electrons. The summed E-state index contributed by atoms with van der Waals surface area (Å²) >= 11 is 0. The predicted octanol–water partition coefficient (Wildman–Crippen LogP) is 1.83. The lowest BCUT2D eigenvalue weighted by Gasteiger charge is -2.20. The first-order valence-corrected chi connectivity index (χ1v) is 8.76. The molecule has 3 N–H and O–H groups in total. The standard InChI is InChI=1S/C20H21N3O3/c21-9-15-10-23(11-16(15)13-4-2-1-3-5-13)20(25)14-6-7-17-18(8-14)26-12-19(24)22-17/h1-8,15-16H,9-12,21H2,(H,22,24)/t15-,16+/m1/s1. The van der Waals surface area contributed by atoms with Gasteiger partial charge in [-0.05, 0) is 36.2 Å². The second-order valence-corrected chi connectivity index (χ2v) is 6.77. The average molecular weight is 351 g/mol. The summed E-state index contributed by atoms with van der Waals surface area (Å²) in [6.07, 6.45) is 0. The molecule has 0 unspecified atom stereocenters. The van der Waals surface area contributed by atoms with Gasteiger partial charge in [0.1, 0.15) is 5.75 Å². The number of fused-ring (bicyclic) bond motifs is 1. The van der Waals surface area contributed by atoms with Crippen LogP contribution < -0.4 is 15.8 Å². The maximum Gasteiger partial charge on any atom is 0.262 e. The van der Waals surface area contributed by atoms with Crippen molar-refractivity contribution in [2.45, 2.75) is 5.92 Å². The van der Waals surface area contributed by atoms with Gasteiger partial charge >= 0.3 is 0 Å². The number of hydrogen-bond acceptors (Lipinski definition) is 4. The van der Waals surface area contributed by atoms with Gasteiger partial charge in [-0.2, -0.15) is 0 Å². The van der Waals surface area contributed by atoms with Crippen molar-refractivity contribution in [3.63, 3.8) is 0 Å². The minimum absolute atomic E-state index is 0.0281. The quantitative estimate of drug-likeness (QED) is 0.884. The van der Waals surface area contributed by atoms with E-state index in [0.717, 1.165) is 0 Å². The summed E-state index contributed by atoms with van der Waals surface area (Å²) < 4.78 is 5.42. The lowest BCUT2D eigenvalue weighted by Crippen LogP contribution is -2.30. The summed E-state index contributed by atoms with van der Waals surface area (Å²) in [6.45, 7) is 1.81. The van der Waals surface area contributed by atoms with E-state index in [1.54, 1.807) is 18.2 Å². The summed E-state index contributed by atoms with van der Waals surface area (Å²) in [4.78, 5) is 26.2. The number of benzene rings is 2. The van der Waals surface area contributed by atoms with Crippen molar-refractivity contribution >= 4 is 17.5 Å². The molecule has 2 aliphatic heterocycles. The van der Waals surface area contributed by atoms with E-state index in [-0.39, 0.29) is 30.3 Å². The first-order chi connectivity index (χ1) is 12.7. The van der Waals surface area contributed by atoms with Gasteiger partial charge in [-0.25, -0.2) is 0 Å². The van der Waals surface area contributed by atoms with Crippen molar-refractivity contribution in [1.82, 2.24) is 4.90 Å². The van der Waals surface area contributed by atoms with E-state index in [1.807, 2.05) is 23.1 Å². The van der Waals surface area contributed by atoms with Crippen LogP contribution in [0, 0.1) is 5.92 Å². The van der Waals surface area contributed by atoms with Crippen LogP contribution in [-0.2, 0) is 4.79 Å². The molecule has 4 rings (SSSR count). The molecule has 2 amide bonds. The molecule has 0 spiro atoms. The van der Waals surface area contributed by atoms with Crippen molar-refractivity contribution in [1.29, 1.82) is 0 Å². The molecular weight excluding hydrogens is 330 g/mol. The molecular formula is C20H21N3O3. The first-order valence-electron chi connectivity index (χ1n) is 8.76. The van der Waals surface area contributed by atoms with Crippen LogP contribution in [0.4, 0.5) is 5.69 Å². The Hall–Kier alpha value is -2.86. The zero-order chi connectivity index (χ0) is 18.1. The molecule has 2 aromatic rings. The van der Waals surface area contributed by atoms with E-state index in [1.165, 1.54) is 5.56 Å². The van der Waals surface area contributed by atoms with Crippen LogP contribution in [0.1, 0.15) is 21.8 Å². The van der Waals surface area contributed by atoms with E-state index < -0.39 is 0 Å². The number of carbonyl (C=O) groups excluding carboxylic acids is 2. The average Bonchev–Trinajstić information content (AvgIpc) is 3.12. The lowest BCUT2D eigenvalue weighted by atomic mass is 9.89. The van der Waals surface area contributed by atoms with E-state index >= 15 is 0 Å². The van der Waals surface area contributed by atoms with Gasteiger partial charge in [0.25, 0.3) is 11.8 Å². The Labute approximate surface area is 151 Å². The Morgan fingerprint density at radius 3 is 2.77 bits per heavy atom. The zero-order valence-corrected chi connectivity index (χ0v) is 14.4. The molecule has 0 aliphatic carbocycles. The Morgan fingerprint density at radius 1 is 1.19 bits per heavy atom. The highest BCUT2D eigenvalue weighted by Gasteiger charge is 2.35. The molecule has 2 aromatic carbocycles. The van der Waals surface area contributed by atoms with Gasteiger partial charge in [-0.15, -0.1) is 0 Å². The molecule has 0 bridgehead atoms. The second-order valence-electron chi connectivity index (χ2n) is 6.77. The van der Waals surface area contributed by atoms with Gasteiger partial charge in [-0.3, -0.25) is 9.59 Å². The van der Waals surface area contributed by atoms with Crippen LogP contribution in [0.2, 0.25) is 0 Å². The van der Waals surface area contributed by atoms with Crippen LogP contribution in [0.5, 0.6) is 5.75 Å². The van der Waals surface area contributed by atoms with Crippen molar-refractivity contribution in [2.24, 2.45) is 11.7 Å². The molecule has 2 heterocycles. The van der Waals surface area contributed by atoms with Crippen LogP contribution in [0.25, 0.3) is 0 Å². The van der Waals surface area contributed by atoms with Crippen molar-refractivity contribution in [3.05, 3.63) is 59.7 Å². The third-order valence-electron chi connectivity index (χ3n) is 5.12. The predicted molar refractivity (Wildman–Crippen MR) is 98.2 cm³/mol. The Balaban J connectivity index is 1.54. The van der Waals surface area contributed by atoms with Gasteiger partial charge in [0.15, 0.2) is 6.61 Å². The molecule has 0 radical (unpaired) electrons. The normalized spacial score (nSPS) is 21.7. The third kappa shape index (κ3) is 3.04. The van der Waals surface area contributed by atoms with Gasteiger partial charge in [-0.1, -0.05) is 30.3 Å². The van der Waals surface area contributed by atoms with Crippen molar-refractivity contribution in [2.75, 3.05) is 31.6 Å². The number of carbonyl (C=O) groups is 2. The molecule has 6 nitrogen and oxygen atoms in total. The fourth-order valence-electron chi connectivity index (χ4n) is 3.74. The topological polar surface area (TPSA) is 84.7 Å². The maximum atomic E-state index is 13.0. The molecule has 1 saturated heterocycles. The summed E-state index contributed by atoms with van der Waals surface area (Å²) in [5, 5.41) is 2.73. The number of nitrogens with one attached hydrogen (secondary N) is 1. The third-order valence-corrected chi connectivity index (χ3v) is 5.12. The summed E-state index contributed by atoms with van der Waals surface area (Å²) in [5.41, 5.74) is 8.34. The molecule has 0 aromatic heterocycles. The smallest absolute Gasteiger partial charge is 0.262 e. The monoisotopic (exact) mass is 351 g/mol. The summed E-state index contributed by atoms with van der Waals surface area (Å²) in [7, 11) is 0. The van der Waals surface area contributed by atoms with E-state index in [4.69, 9.17) is 10.5 Å². The Bertz CT molecular complexity index is 837. The van der Waals surface area contributed by atoms with Crippen LogP contribution in [0.15, 0.2) is 48.5 Å². The molecule has 1 fully saturated rings. The number of anilines is 1. The van der Waals surface area contributed by atoms with Gasteiger partial charge in [0.2, 0.25) is 0 Å². The van der Waals surface area contributed by atoms with Crippen LogP contribution >= 0.6 is 0 Å². The highest BCUT2D eigenvalue weighted by Crippen LogP contribution is 2.34. The zero-order valence-electron chi connectivity index (χ0n) is 14.4. The van der Waals surface area contributed by atoms with E-state index in [9.17, 15) is 9.59 Å². The van der Waals surface area contributed by atoms with Crippen molar-refractivity contribution < 1.29 is 14.3 Å². The minimum Gasteiger partial charge on any atom is -0.482 e. The van der Waals surface area contributed by atoms with Gasteiger partial charge < -0.3 is 20.7 Å². The first kappa shape index (κ1) is 16.6. The Kier molecular flexibility index (Phi) is 4.34. The van der Waals surface area contributed by atoms with Crippen LogP contribution in [-0.4, -0.2) is 43.0 Å². The number of ether oxygens (including phenoxy) is 1. The number of amides is 2. The Morgan fingerprint density at radius 2 is 2.00 bits per heavy atom. The van der Waals surface area contributed by atoms with E-state index in [2.05, 4.69) is 17.4 Å².